The molecule has 0 unspecified atom stereocenters. The molecule has 0 bridgehead atoms. The number of carbonyl (C=O) groups excluding carboxylic acids is 2. The zero-order valence-corrected chi connectivity index (χ0v) is 17.6. The van der Waals surface area contributed by atoms with Gasteiger partial charge in [0.15, 0.2) is 5.69 Å². The fourth-order valence-electron chi connectivity index (χ4n) is 3.77. The zero-order valence-electron chi connectivity index (χ0n) is 16.8. The largest absolute Gasteiger partial charge is 0.465 e. The van der Waals surface area contributed by atoms with Gasteiger partial charge in [-0.25, -0.2) is 4.79 Å². The van der Waals surface area contributed by atoms with E-state index in [1.807, 2.05) is 6.92 Å². The van der Waals surface area contributed by atoms with Crippen LogP contribution in [0.5, 0.6) is 0 Å². The quantitative estimate of drug-likeness (QED) is 0.787. The number of nitrogens with one attached hydrogen (secondary N) is 2. The van der Waals surface area contributed by atoms with Gasteiger partial charge >= 0.3 is 5.97 Å². The minimum Gasteiger partial charge on any atom is -0.465 e. The second-order valence-corrected chi connectivity index (χ2v) is 9.19. The first-order valence-electron chi connectivity index (χ1n) is 8.81. The normalized spacial score (nSPS) is 17.3. The maximum Gasteiger partial charge on any atom is 0.341 e. The minimum atomic E-state index is -0.437. The molecular formula is C19H26N4O3S. The summed E-state index contributed by atoms with van der Waals surface area (Å²) in [6, 6.07) is 1.72. The lowest BCUT2D eigenvalue weighted by Crippen LogP contribution is -2.55. The highest BCUT2D eigenvalue weighted by atomic mass is 32.1. The lowest BCUT2D eigenvalue weighted by molar-refractivity contribution is 0.0600. The molecule has 0 spiro atoms. The van der Waals surface area contributed by atoms with Gasteiger partial charge in [-0.2, -0.15) is 5.10 Å². The van der Waals surface area contributed by atoms with Crippen molar-refractivity contribution in [3.63, 3.8) is 0 Å². The summed E-state index contributed by atoms with van der Waals surface area (Å²) in [6.45, 7) is 10.2. The SMILES string of the molecule is COC(=O)c1c(NC(=O)c2cc(C)n(C)n2)sc2c1CC(C)(C)NC2(C)C. The van der Waals surface area contributed by atoms with Gasteiger partial charge in [-0.05, 0) is 52.7 Å². The number of fused-ring (bicyclic) bond motifs is 1. The Morgan fingerprint density at radius 1 is 1.33 bits per heavy atom. The number of thiophene rings is 1. The number of anilines is 1. The van der Waals surface area contributed by atoms with Crippen molar-refractivity contribution in [2.45, 2.75) is 52.1 Å². The first kappa shape index (κ1) is 19.6. The van der Waals surface area contributed by atoms with Crippen LogP contribution in [-0.2, 0) is 23.7 Å². The summed E-state index contributed by atoms with van der Waals surface area (Å²) in [5, 5.41) is 11.2. The average molecular weight is 391 g/mol. The van der Waals surface area contributed by atoms with E-state index >= 15 is 0 Å². The summed E-state index contributed by atoms with van der Waals surface area (Å²) in [7, 11) is 3.14. The summed E-state index contributed by atoms with van der Waals surface area (Å²) in [5.74, 6) is -0.777. The molecule has 3 heterocycles. The topological polar surface area (TPSA) is 85.2 Å². The van der Waals surface area contributed by atoms with Crippen molar-refractivity contribution in [1.82, 2.24) is 15.1 Å². The second kappa shape index (κ2) is 6.45. The lowest BCUT2D eigenvalue weighted by Gasteiger charge is -2.42. The lowest BCUT2D eigenvalue weighted by atomic mass is 9.81. The Morgan fingerprint density at radius 3 is 2.56 bits per heavy atom. The fraction of sp³-hybridized carbons (Fsp3) is 0.526. The monoisotopic (exact) mass is 390 g/mol. The number of amides is 1. The van der Waals surface area contributed by atoms with Crippen LogP contribution < -0.4 is 10.6 Å². The van der Waals surface area contributed by atoms with E-state index in [1.54, 1.807) is 17.8 Å². The first-order chi connectivity index (χ1) is 12.4. The van der Waals surface area contributed by atoms with E-state index in [2.05, 4.69) is 43.4 Å². The van der Waals surface area contributed by atoms with Crippen LogP contribution in [0.3, 0.4) is 0 Å². The molecule has 7 nitrogen and oxygen atoms in total. The molecule has 0 saturated carbocycles. The Bertz CT molecular complexity index is 904. The molecule has 0 radical (unpaired) electrons. The van der Waals surface area contributed by atoms with Crippen LogP contribution in [0.2, 0.25) is 0 Å². The maximum absolute atomic E-state index is 12.7. The van der Waals surface area contributed by atoms with Crippen LogP contribution in [0.15, 0.2) is 6.07 Å². The predicted molar refractivity (Wildman–Crippen MR) is 106 cm³/mol. The molecule has 2 aromatic heterocycles. The van der Waals surface area contributed by atoms with Gasteiger partial charge in [0.05, 0.1) is 12.7 Å². The highest BCUT2D eigenvalue weighted by Crippen LogP contribution is 2.45. The van der Waals surface area contributed by atoms with E-state index in [0.29, 0.717) is 22.7 Å². The van der Waals surface area contributed by atoms with E-state index in [1.165, 1.54) is 18.4 Å². The number of esters is 1. The summed E-state index contributed by atoms with van der Waals surface area (Å²) >= 11 is 1.42. The molecule has 0 fully saturated rings. The van der Waals surface area contributed by atoms with Gasteiger partial charge in [-0.3, -0.25) is 9.48 Å². The summed E-state index contributed by atoms with van der Waals surface area (Å²) in [4.78, 5) is 26.3. The maximum atomic E-state index is 12.7. The van der Waals surface area contributed by atoms with Crippen LogP contribution in [0.1, 0.15) is 64.7 Å². The molecule has 0 saturated heterocycles. The Labute approximate surface area is 163 Å². The summed E-state index contributed by atoms with van der Waals surface area (Å²) in [5.41, 5.74) is 2.07. The van der Waals surface area contributed by atoms with Gasteiger partial charge in [0.1, 0.15) is 5.00 Å². The van der Waals surface area contributed by atoms with E-state index in [0.717, 1.165) is 16.1 Å². The third kappa shape index (κ3) is 3.51. The first-order valence-corrected chi connectivity index (χ1v) is 9.62. The molecule has 1 aliphatic heterocycles. The molecule has 1 amide bonds. The van der Waals surface area contributed by atoms with E-state index < -0.39 is 5.97 Å². The zero-order chi connectivity index (χ0) is 20.1. The minimum absolute atomic E-state index is 0.181. The Hall–Kier alpha value is -2.19. The molecular weight excluding hydrogens is 364 g/mol. The Morgan fingerprint density at radius 2 is 2.00 bits per heavy atom. The van der Waals surface area contributed by atoms with E-state index in [9.17, 15) is 9.59 Å². The molecule has 27 heavy (non-hydrogen) atoms. The molecule has 2 N–H and O–H groups in total. The summed E-state index contributed by atoms with van der Waals surface area (Å²) < 4.78 is 6.67. The van der Waals surface area contributed by atoms with Crippen molar-refractivity contribution in [2.24, 2.45) is 7.05 Å². The van der Waals surface area contributed by atoms with Crippen LogP contribution in [0, 0.1) is 6.92 Å². The van der Waals surface area contributed by atoms with Crippen molar-refractivity contribution < 1.29 is 14.3 Å². The standard InChI is InChI=1S/C19H26N4O3S/c1-10-8-12(21-23(10)6)15(24)20-16-13(17(25)26-7)11-9-18(2,3)22-19(4,5)14(11)27-16/h8,22H,9H2,1-7H3,(H,20,24). The number of aromatic nitrogens is 2. The average Bonchev–Trinajstić information content (AvgIpc) is 3.06. The number of rotatable bonds is 3. The van der Waals surface area contributed by atoms with Crippen molar-refractivity contribution >= 4 is 28.2 Å². The highest BCUT2D eigenvalue weighted by Gasteiger charge is 2.42. The third-order valence-corrected chi connectivity index (χ3v) is 6.28. The van der Waals surface area contributed by atoms with Crippen LogP contribution in [0.4, 0.5) is 5.00 Å². The Kier molecular flexibility index (Phi) is 4.68. The third-order valence-electron chi connectivity index (χ3n) is 4.81. The summed E-state index contributed by atoms with van der Waals surface area (Å²) in [6.07, 6.45) is 0.672. The van der Waals surface area contributed by atoms with Crippen LogP contribution in [0.25, 0.3) is 0 Å². The van der Waals surface area contributed by atoms with Gasteiger partial charge in [0.2, 0.25) is 0 Å². The molecule has 2 aromatic rings. The number of hydrogen-bond acceptors (Lipinski definition) is 6. The van der Waals surface area contributed by atoms with Crippen LogP contribution in [-0.4, -0.2) is 34.3 Å². The number of methoxy groups -OCH3 is 1. The smallest absolute Gasteiger partial charge is 0.341 e. The molecule has 0 aliphatic carbocycles. The van der Waals surface area contributed by atoms with Crippen molar-refractivity contribution in [2.75, 3.05) is 12.4 Å². The van der Waals surface area contributed by atoms with Crippen molar-refractivity contribution in [1.29, 1.82) is 0 Å². The second-order valence-electron chi connectivity index (χ2n) is 8.16. The number of hydrogen-bond donors (Lipinski definition) is 2. The van der Waals surface area contributed by atoms with Gasteiger partial charge in [-0.1, -0.05) is 0 Å². The van der Waals surface area contributed by atoms with Crippen molar-refractivity contribution in [3.05, 3.63) is 33.5 Å². The molecule has 0 aromatic carbocycles. The molecule has 146 valence electrons. The molecule has 1 aliphatic rings. The van der Waals surface area contributed by atoms with Crippen molar-refractivity contribution in [3.8, 4) is 0 Å². The van der Waals surface area contributed by atoms with Gasteiger partial charge < -0.3 is 15.4 Å². The molecule has 8 heteroatoms. The predicted octanol–water partition coefficient (Wildman–Crippen LogP) is 2.99. The van der Waals surface area contributed by atoms with E-state index in [4.69, 9.17) is 4.74 Å². The fourth-order valence-corrected chi connectivity index (χ4v) is 5.03. The molecule has 3 rings (SSSR count). The van der Waals surface area contributed by atoms with Crippen LogP contribution >= 0.6 is 11.3 Å². The van der Waals surface area contributed by atoms with E-state index in [-0.39, 0.29) is 17.0 Å². The number of nitrogens with zero attached hydrogens (tertiary/aromatic N) is 2. The van der Waals surface area contributed by atoms with Gasteiger partial charge in [-0.15, -0.1) is 11.3 Å². The number of ether oxygens (including phenoxy) is 1. The number of aryl methyl sites for hydroxylation is 2. The van der Waals surface area contributed by atoms with Gasteiger partial charge in [0, 0.05) is 28.7 Å². The molecule has 0 atom stereocenters. The van der Waals surface area contributed by atoms with Gasteiger partial charge in [0.25, 0.3) is 5.91 Å². The highest BCUT2D eigenvalue weighted by molar-refractivity contribution is 7.17. The number of carbonyl (C=O) groups is 2. The Balaban J connectivity index is 2.07.